The lowest BCUT2D eigenvalue weighted by molar-refractivity contribution is -0.119. The van der Waals surface area contributed by atoms with Crippen LogP contribution in [0.1, 0.15) is 47.2 Å². The number of amides is 1. The van der Waals surface area contributed by atoms with Crippen molar-refractivity contribution in [3.8, 4) is 16.9 Å². The molecule has 6 nitrogen and oxygen atoms in total. The second-order valence-corrected chi connectivity index (χ2v) is 7.21. The second-order valence-electron chi connectivity index (χ2n) is 6.89. The zero-order valence-corrected chi connectivity index (χ0v) is 16.4. The highest BCUT2D eigenvalue weighted by molar-refractivity contribution is 7.79. The Morgan fingerprint density at radius 3 is 2.54 bits per heavy atom. The minimum atomic E-state index is -0.423. The largest absolute Gasteiger partial charge is 0.508 e. The Kier molecular flexibility index (Phi) is 6.07. The molecule has 0 saturated carbocycles. The van der Waals surface area contributed by atoms with Gasteiger partial charge in [-0.05, 0) is 52.8 Å². The normalized spacial score (nSPS) is 15.4. The summed E-state index contributed by atoms with van der Waals surface area (Å²) in [6.07, 6.45) is 1.06. The molecule has 1 atom stereocenters. The molecule has 148 valence electrons. The first kappa shape index (κ1) is 20.4. The van der Waals surface area contributed by atoms with Crippen LogP contribution in [0.5, 0.6) is 5.75 Å². The number of hydrogen-bond donors (Lipinski definition) is 5. The zero-order chi connectivity index (χ0) is 20.4. The third kappa shape index (κ3) is 3.65. The van der Waals surface area contributed by atoms with Gasteiger partial charge < -0.3 is 20.6 Å². The number of carbonyl (C=O) groups is 1. The van der Waals surface area contributed by atoms with Crippen LogP contribution in [0.25, 0.3) is 11.1 Å². The van der Waals surface area contributed by atoms with Gasteiger partial charge in [0.05, 0.1) is 19.3 Å². The Labute approximate surface area is 168 Å². The molecule has 1 aliphatic carbocycles. The highest BCUT2D eigenvalue weighted by Crippen LogP contribution is 2.42. The molecule has 0 heterocycles. The van der Waals surface area contributed by atoms with Gasteiger partial charge in [-0.25, -0.2) is 0 Å². The van der Waals surface area contributed by atoms with E-state index in [0.717, 1.165) is 5.56 Å². The number of aryl methyl sites for hydroxylation is 1. The fourth-order valence-corrected chi connectivity index (χ4v) is 4.14. The van der Waals surface area contributed by atoms with Crippen LogP contribution in [-0.2, 0) is 30.2 Å². The van der Waals surface area contributed by atoms with Gasteiger partial charge in [-0.3, -0.25) is 9.59 Å². The lowest BCUT2D eigenvalue weighted by Gasteiger charge is -2.19. The van der Waals surface area contributed by atoms with E-state index in [0.29, 0.717) is 40.7 Å². The maximum absolute atomic E-state index is 12.6. The fourth-order valence-electron chi connectivity index (χ4n) is 3.88. The van der Waals surface area contributed by atoms with Crippen molar-refractivity contribution in [2.45, 2.75) is 44.8 Å². The average Bonchev–Trinajstić information content (AvgIpc) is 2.89. The number of rotatable bonds is 4. The predicted molar refractivity (Wildman–Crippen MR) is 109 cm³/mol. The van der Waals surface area contributed by atoms with E-state index in [1.54, 1.807) is 18.2 Å². The van der Waals surface area contributed by atoms with Gasteiger partial charge in [-0.2, -0.15) is 12.6 Å². The smallest absolute Gasteiger partial charge is 0.217 e. The van der Waals surface area contributed by atoms with Gasteiger partial charge in [0.2, 0.25) is 5.91 Å². The van der Waals surface area contributed by atoms with Crippen molar-refractivity contribution in [2.24, 2.45) is 0 Å². The van der Waals surface area contributed by atoms with Crippen molar-refractivity contribution < 1.29 is 20.1 Å². The fraction of sp³-hybridized carbons (Fsp3) is 0.333. The van der Waals surface area contributed by atoms with Crippen LogP contribution >= 0.6 is 12.6 Å². The van der Waals surface area contributed by atoms with Crippen LogP contribution in [0.2, 0.25) is 0 Å². The summed E-state index contributed by atoms with van der Waals surface area (Å²) in [4.78, 5) is 24.4. The first-order valence-corrected chi connectivity index (χ1v) is 9.68. The summed E-state index contributed by atoms with van der Waals surface area (Å²) in [5.74, 6) is -0.0174. The second kappa shape index (κ2) is 8.34. The molecule has 1 aliphatic rings. The number of phenols is 1. The topological polar surface area (TPSA) is 107 Å². The van der Waals surface area contributed by atoms with Crippen LogP contribution in [0, 0.1) is 0 Å². The summed E-state index contributed by atoms with van der Waals surface area (Å²) >= 11 is 4.22. The third-order valence-electron chi connectivity index (χ3n) is 5.18. The highest BCUT2D eigenvalue weighted by atomic mass is 32.1. The number of carbonyl (C=O) groups excluding carboxylic acids is 1. The molecule has 0 bridgehead atoms. The molecule has 0 aliphatic heterocycles. The van der Waals surface area contributed by atoms with Crippen LogP contribution in [-0.4, -0.2) is 21.2 Å². The van der Waals surface area contributed by atoms with Crippen molar-refractivity contribution >= 4 is 18.5 Å². The zero-order valence-electron chi connectivity index (χ0n) is 15.5. The molecule has 0 spiro atoms. The minimum absolute atomic E-state index is 0.0781. The number of aliphatic hydroxyl groups excluding tert-OH is 2. The minimum Gasteiger partial charge on any atom is -0.508 e. The molecule has 28 heavy (non-hydrogen) atoms. The quantitative estimate of drug-likeness (QED) is 0.504. The van der Waals surface area contributed by atoms with E-state index in [2.05, 4.69) is 17.9 Å². The molecular weight excluding hydrogens is 378 g/mol. The van der Waals surface area contributed by atoms with E-state index >= 15 is 0 Å². The SMILES string of the molecule is CC(=O)N[C@H]1CCc2cc(O)c(CO)c(CO)c2-c2ccc(CS)c(=O)cc21. The Morgan fingerprint density at radius 1 is 1.21 bits per heavy atom. The molecule has 0 saturated heterocycles. The van der Waals surface area contributed by atoms with E-state index in [1.807, 2.05) is 0 Å². The van der Waals surface area contributed by atoms with Crippen LogP contribution in [0.4, 0.5) is 0 Å². The predicted octanol–water partition coefficient (Wildman–Crippen LogP) is 1.96. The molecule has 3 rings (SSSR count). The van der Waals surface area contributed by atoms with Gasteiger partial charge in [-0.1, -0.05) is 12.1 Å². The van der Waals surface area contributed by atoms with Gasteiger partial charge in [0.15, 0.2) is 5.43 Å². The molecule has 7 heteroatoms. The Bertz CT molecular complexity index is 989. The van der Waals surface area contributed by atoms with Crippen LogP contribution in [0.3, 0.4) is 0 Å². The molecule has 2 aromatic rings. The molecule has 0 radical (unpaired) electrons. The Balaban J connectivity index is 2.41. The Morgan fingerprint density at radius 2 is 1.93 bits per heavy atom. The molecule has 2 aromatic carbocycles. The average molecular weight is 401 g/mol. The number of hydrogen-bond acceptors (Lipinski definition) is 6. The molecule has 4 N–H and O–H groups in total. The summed E-state index contributed by atoms with van der Waals surface area (Å²) in [5.41, 5.74) is 3.84. The van der Waals surface area contributed by atoms with Crippen molar-refractivity contribution in [3.05, 3.63) is 62.3 Å². The molecule has 0 aromatic heterocycles. The maximum atomic E-state index is 12.6. The van der Waals surface area contributed by atoms with Crippen molar-refractivity contribution in [1.29, 1.82) is 0 Å². The first-order chi connectivity index (χ1) is 13.4. The number of thiol groups is 1. The lowest BCUT2D eigenvalue weighted by Crippen LogP contribution is -2.26. The van der Waals surface area contributed by atoms with E-state index < -0.39 is 6.61 Å². The summed E-state index contributed by atoms with van der Waals surface area (Å²) in [6.45, 7) is 0.624. The highest BCUT2D eigenvalue weighted by Gasteiger charge is 2.27. The van der Waals surface area contributed by atoms with E-state index in [-0.39, 0.29) is 41.1 Å². The van der Waals surface area contributed by atoms with Crippen molar-refractivity contribution in [2.75, 3.05) is 0 Å². The maximum Gasteiger partial charge on any atom is 0.217 e. The van der Waals surface area contributed by atoms with Crippen molar-refractivity contribution in [3.63, 3.8) is 0 Å². The number of aliphatic hydroxyl groups is 2. The summed E-state index contributed by atoms with van der Waals surface area (Å²) in [6, 6.07) is 6.20. The van der Waals surface area contributed by atoms with Crippen LogP contribution < -0.4 is 10.7 Å². The number of fused-ring (bicyclic) bond motifs is 3. The number of benzene rings is 1. The van der Waals surface area contributed by atoms with E-state index in [9.17, 15) is 24.9 Å². The first-order valence-electron chi connectivity index (χ1n) is 9.05. The summed E-state index contributed by atoms with van der Waals surface area (Å²) in [5, 5.41) is 32.9. The lowest BCUT2D eigenvalue weighted by atomic mass is 9.89. The summed E-state index contributed by atoms with van der Waals surface area (Å²) in [7, 11) is 0. The number of nitrogens with one attached hydrogen (secondary N) is 1. The van der Waals surface area contributed by atoms with Gasteiger partial charge in [0.25, 0.3) is 0 Å². The van der Waals surface area contributed by atoms with Gasteiger partial charge in [0, 0.05) is 23.8 Å². The molecule has 0 fully saturated rings. The third-order valence-corrected chi connectivity index (χ3v) is 5.52. The standard InChI is InChI=1S/C21H23NO5S/c1-11(25)22-18-5-3-12-6-20(27)16(8-23)17(9-24)21(12)14-4-2-13(10-28)19(26)7-15(14)18/h2,4,6-7,18,23-24,27-28H,3,5,8-10H2,1H3,(H,22,25)/t18-/m0/s1. The van der Waals surface area contributed by atoms with Gasteiger partial charge in [-0.15, -0.1) is 0 Å². The molecule has 0 unspecified atom stereocenters. The Hall–Kier alpha value is -2.35. The summed E-state index contributed by atoms with van der Waals surface area (Å²) < 4.78 is 0. The van der Waals surface area contributed by atoms with Gasteiger partial charge in [0.1, 0.15) is 5.75 Å². The van der Waals surface area contributed by atoms with Gasteiger partial charge >= 0.3 is 0 Å². The van der Waals surface area contributed by atoms with Crippen LogP contribution in [0.15, 0.2) is 29.1 Å². The number of aromatic hydroxyl groups is 1. The molecule has 1 amide bonds. The van der Waals surface area contributed by atoms with Crippen molar-refractivity contribution in [1.82, 2.24) is 5.32 Å². The monoisotopic (exact) mass is 401 g/mol. The van der Waals surface area contributed by atoms with E-state index in [1.165, 1.54) is 13.0 Å². The van der Waals surface area contributed by atoms with E-state index in [4.69, 9.17) is 0 Å². The molecular formula is C21H23NO5S.